The first-order chi connectivity index (χ1) is 10.9. The van der Waals surface area contributed by atoms with E-state index in [1.807, 2.05) is 24.3 Å². The lowest BCUT2D eigenvalue weighted by Gasteiger charge is -2.25. The van der Waals surface area contributed by atoms with Crippen molar-refractivity contribution < 1.29 is 19.5 Å². The molecule has 3 amide bonds. The normalized spacial score (nSPS) is 18.2. The number of carboxylic acid groups (broad SMARTS) is 1. The second-order valence-corrected chi connectivity index (χ2v) is 5.56. The summed E-state index contributed by atoms with van der Waals surface area (Å²) in [5, 5.41) is 14.5. The topological polar surface area (TPSA) is 98.7 Å². The van der Waals surface area contributed by atoms with Gasteiger partial charge in [-0.3, -0.25) is 14.5 Å². The number of hydrogen-bond acceptors (Lipinski definition) is 3. The predicted octanol–water partition coefficient (Wildman–Crippen LogP) is 1.44. The lowest BCUT2D eigenvalue weighted by Crippen LogP contribution is -2.52. The van der Waals surface area contributed by atoms with Gasteiger partial charge in [0.1, 0.15) is 12.1 Å². The lowest BCUT2D eigenvalue weighted by molar-refractivity contribution is -0.129. The van der Waals surface area contributed by atoms with Gasteiger partial charge in [-0.25, -0.2) is 4.79 Å². The van der Waals surface area contributed by atoms with E-state index < -0.39 is 24.1 Å². The molecule has 0 fully saturated rings. The Balaban J connectivity index is 2.07. The average Bonchev–Trinajstić information content (AvgIpc) is 2.67. The molecule has 1 aliphatic rings. The van der Waals surface area contributed by atoms with Crippen molar-refractivity contribution in [2.75, 3.05) is 12.4 Å². The van der Waals surface area contributed by atoms with Gasteiger partial charge in [-0.2, -0.15) is 0 Å². The first-order valence-electron chi connectivity index (χ1n) is 7.59. The van der Waals surface area contributed by atoms with Crippen LogP contribution in [0.5, 0.6) is 0 Å². The summed E-state index contributed by atoms with van der Waals surface area (Å²) >= 11 is 0. The Hall–Kier alpha value is -2.57. The number of aryl methyl sites for hydroxylation is 1. The smallest absolute Gasteiger partial charge is 0.407 e. The van der Waals surface area contributed by atoms with Gasteiger partial charge in [0.25, 0.3) is 0 Å². The third kappa shape index (κ3) is 3.80. The summed E-state index contributed by atoms with van der Waals surface area (Å²) in [5.41, 5.74) is 1.77. The molecule has 2 unspecified atom stereocenters. The Morgan fingerprint density at radius 3 is 2.78 bits per heavy atom. The number of anilines is 1. The van der Waals surface area contributed by atoms with Gasteiger partial charge in [0.2, 0.25) is 11.8 Å². The third-order valence-corrected chi connectivity index (χ3v) is 4.07. The van der Waals surface area contributed by atoms with Gasteiger partial charge >= 0.3 is 6.09 Å². The number of hydrogen-bond donors (Lipinski definition) is 3. The summed E-state index contributed by atoms with van der Waals surface area (Å²) in [7, 11) is 1.35. The average molecular weight is 319 g/mol. The number of rotatable bonds is 4. The standard InChI is InChI=1S/C16H21N3O4/c1-3-13(19(2)16(22)23)15(21)18-12-9-8-10-6-4-5-7-11(10)17-14(12)20/h4-7,12-13H,3,8-9H2,1-2H3,(H,17,20)(H,18,21)(H,22,23). The highest BCUT2D eigenvalue weighted by atomic mass is 16.4. The summed E-state index contributed by atoms with van der Waals surface area (Å²) < 4.78 is 0. The van der Waals surface area contributed by atoms with Crippen molar-refractivity contribution in [2.24, 2.45) is 0 Å². The fraction of sp³-hybridized carbons (Fsp3) is 0.438. The molecule has 0 bridgehead atoms. The van der Waals surface area contributed by atoms with Gasteiger partial charge in [0.05, 0.1) is 0 Å². The number of para-hydroxylation sites is 1. The Morgan fingerprint density at radius 2 is 2.13 bits per heavy atom. The summed E-state index contributed by atoms with van der Waals surface area (Å²) in [4.78, 5) is 36.6. The number of amides is 3. The Labute approximate surface area is 134 Å². The minimum absolute atomic E-state index is 0.281. The number of benzene rings is 1. The molecule has 23 heavy (non-hydrogen) atoms. The zero-order valence-corrected chi connectivity index (χ0v) is 13.2. The Morgan fingerprint density at radius 1 is 1.43 bits per heavy atom. The minimum atomic E-state index is -1.18. The monoisotopic (exact) mass is 319 g/mol. The second kappa shape index (κ2) is 7.13. The lowest BCUT2D eigenvalue weighted by atomic mass is 10.1. The number of fused-ring (bicyclic) bond motifs is 1. The van der Waals surface area contributed by atoms with E-state index in [4.69, 9.17) is 5.11 Å². The van der Waals surface area contributed by atoms with E-state index in [-0.39, 0.29) is 5.91 Å². The van der Waals surface area contributed by atoms with E-state index in [9.17, 15) is 14.4 Å². The molecule has 3 N–H and O–H groups in total. The van der Waals surface area contributed by atoms with E-state index in [0.29, 0.717) is 19.3 Å². The van der Waals surface area contributed by atoms with Crippen LogP contribution in [-0.2, 0) is 16.0 Å². The molecule has 124 valence electrons. The molecule has 2 atom stereocenters. The summed E-state index contributed by atoms with van der Waals surface area (Å²) in [6.45, 7) is 1.73. The van der Waals surface area contributed by atoms with Crippen LogP contribution in [0.15, 0.2) is 24.3 Å². The van der Waals surface area contributed by atoms with E-state index >= 15 is 0 Å². The van der Waals surface area contributed by atoms with Gasteiger partial charge in [0.15, 0.2) is 0 Å². The fourth-order valence-electron chi connectivity index (χ4n) is 2.69. The largest absolute Gasteiger partial charge is 0.465 e. The number of likely N-dealkylation sites (N-methyl/N-ethyl adjacent to an activating group) is 1. The molecule has 0 aromatic heterocycles. The quantitative estimate of drug-likeness (QED) is 0.782. The fourth-order valence-corrected chi connectivity index (χ4v) is 2.69. The van der Waals surface area contributed by atoms with Crippen molar-refractivity contribution in [3.63, 3.8) is 0 Å². The van der Waals surface area contributed by atoms with Crippen LogP contribution in [0.3, 0.4) is 0 Å². The highest BCUT2D eigenvalue weighted by Gasteiger charge is 2.30. The number of nitrogens with one attached hydrogen (secondary N) is 2. The van der Waals surface area contributed by atoms with Crippen molar-refractivity contribution in [3.8, 4) is 0 Å². The molecule has 0 aliphatic carbocycles. The van der Waals surface area contributed by atoms with Crippen LogP contribution in [0.25, 0.3) is 0 Å². The van der Waals surface area contributed by atoms with Gasteiger partial charge < -0.3 is 15.7 Å². The maximum atomic E-state index is 12.3. The van der Waals surface area contributed by atoms with Crippen molar-refractivity contribution in [2.45, 2.75) is 38.3 Å². The van der Waals surface area contributed by atoms with Crippen LogP contribution >= 0.6 is 0 Å². The second-order valence-electron chi connectivity index (χ2n) is 5.56. The van der Waals surface area contributed by atoms with Crippen LogP contribution in [0, 0.1) is 0 Å². The van der Waals surface area contributed by atoms with Crippen molar-refractivity contribution in [3.05, 3.63) is 29.8 Å². The first kappa shape index (κ1) is 16.8. The van der Waals surface area contributed by atoms with Gasteiger partial charge in [-0.1, -0.05) is 25.1 Å². The van der Waals surface area contributed by atoms with Gasteiger partial charge in [-0.15, -0.1) is 0 Å². The molecule has 1 aromatic carbocycles. The molecule has 7 nitrogen and oxygen atoms in total. The zero-order chi connectivity index (χ0) is 17.0. The van der Waals surface area contributed by atoms with E-state index in [1.54, 1.807) is 6.92 Å². The first-order valence-corrected chi connectivity index (χ1v) is 7.59. The van der Waals surface area contributed by atoms with Gasteiger partial charge in [0, 0.05) is 12.7 Å². The minimum Gasteiger partial charge on any atom is -0.465 e. The summed E-state index contributed by atoms with van der Waals surface area (Å²) in [6.07, 6.45) is 0.292. The highest BCUT2D eigenvalue weighted by molar-refractivity contribution is 5.99. The van der Waals surface area contributed by atoms with Crippen LogP contribution in [0.1, 0.15) is 25.3 Å². The molecule has 1 aromatic rings. The maximum Gasteiger partial charge on any atom is 0.407 e. The number of nitrogens with zero attached hydrogens (tertiary/aromatic N) is 1. The number of carbonyl (C=O) groups is 3. The van der Waals surface area contributed by atoms with Crippen molar-refractivity contribution >= 4 is 23.6 Å². The molecule has 0 saturated carbocycles. The van der Waals surface area contributed by atoms with Crippen molar-refractivity contribution in [1.82, 2.24) is 10.2 Å². The Bertz CT molecular complexity index is 617. The van der Waals surface area contributed by atoms with Crippen LogP contribution < -0.4 is 10.6 Å². The molecule has 1 heterocycles. The molecule has 0 saturated heterocycles. The summed E-state index contributed by atoms with van der Waals surface area (Å²) in [6, 6.07) is 6.01. The van der Waals surface area contributed by atoms with Crippen molar-refractivity contribution in [1.29, 1.82) is 0 Å². The molecule has 2 rings (SSSR count). The molecule has 0 spiro atoms. The summed E-state index contributed by atoms with van der Waals surface area (Å²) in [5.74, 6) is -0.736. The zero-order valence-electron chi connectivity index (χ0n) is 13.2. The van der Waals surface area contributed by atoms with E-state index in [2.05, 4.69) is 10.6 Å². The molecular formula is C16H21N3O4. The molecule has 7 heteroatoms. The van der Waals surface area contributed by atoms with Crippen LogP contribution in [0.2, 0.25) is 0 Å². The van der Waals surface area contributed by atoms with E-state index in [0.717, 1.165) is 16.2 Å². The molecular weight excluding hydrogens is 298 g/mol. The van der Waals surface area contributed by atoms with E-state index in [1.165, 1.54) is 7.05 Å². The molecule has 0 radical (unpaired) electrons. The number of carbonyl (C=O) groups excluding carboxylic acids is 2. The predicted molar refractivity (Wildman–Crippen MR) is 85.2 cm³/mol. The maximum absolute atomic E-state index is 12.3. The Kier molecular flexibility index (Phi) is 5.20. The SMILES string of the molecule is CCC(C(=O)NC1CCc2ccccc2NC1=O)N(C)C(=O)O. The van der Waals surface area contributed by atoms with Crippen LogP contribution in [-0.4, -0.2) is 47.0 Å². The molecule has 1 aliphatic heterocycles. The third-order valence-electron chi connectivity index (χ3n) is 4.07. The highest BCUT2D eigenvalue weighted by Crippen LogP contribution is 2.21. The van der Waals surface area contributed by atoms with Gasteiger partial charge in [-0.05, 0) is 30.9 Å². The van der Waals surface area contributed by atoms with Crippen LogP contribution in [0.4, 0.5) is 10.5 Å².